The maximum absolute atomic E-state index is 13.0. The van der Waals surface area contributed by atoms with Crippen LogP contribution in [0, 0.1) is 0 Å². The number of benzene rings is 2. The fourth-order valence-corrected chi connectivity index (χ4v) is 4.57. The molecule has 2 aromatic carbocycles. The van der Waals surface area contributed by atoms with Gasteiger partial charge in [0.25, 0.3) is 5.91 Å². The quantitative estimate of drug-likeness (QED) is 0.563. The predicted octanol–water partition coefficient (Wildman–Crippen LogP) is 5.36. The van der Waals surface area contributed by atoms with Crippen LogP contribution in [0.5, 0.6) is 0 Å². The molecule has 1 saturated heterocycles. The summed E-state index contributed by atoms with van der Waals surface area (Å²) in [6.45, 7) is 4.71. The fraction of sp³-hybridized carbons (Fsp3) is 0.217. The van der Waals surface area contributed by atoms with E-state index < -0.39 is 0 Å². The minimum Gasteiger partial charge on any atom is -0.350 e. The van der Waals surface area contributed by atoms with Gasteiger partial charge in [-0.25, -0.2) is 4.99 Å². The van der Waals surface area contributed by atoms with E-state index in [1.165, 1.54) is 17.3 Å². The number of hydrogen-bond donors (Lipinski definition) is 0. The average Bonchev–Trinajstić information content (AvgIpc) is 3.19. The highest BCUT2D eigenvalue weighted by atomic mass is 32.2. The Kier molecular flexibility index (Phi) is 5.09. The highest BCUT2D eigenvalue weighted by Crippen LogP contribution is 2.36. The van der Waals surface area contributed by atoms with Crippen molar-refractivity contribution < 1.29 is 4.79 Å². The fourth-order valence-electron chi connectivity index (χ4n) is 3.52. The first kappa shape index (κ1) is 18.6. The van der Waals surface area contributed by atoms with Gasteiger partial charge in [0.05, 0.1) is 10.6 Å². The topological polar surface area (TPSA) is 37.6 Å². The van der Waals surface area contributed by atoms with Gasteiger partial charge in [0.15, 0.2) is 5.17 Å². The Bertz CT molecular complexity index is 1110. The molecule has 0 atom stereocenters. The molecule has 2 heterocycles. The molecule has 0 aliphatic carbocycles. The summed E-state index contributed by atoms with van der Waals surface area (Å²) in [6.07, 6.45) is 4.98. The zero-order valence-corrected chi connectivity index (χ0v) is 17.2. The number of carbonyl (C=O) groups excluding carboxylic acids is 1. The molecule has 5 heteroatoms. The first-order chi connectivity index (χ1) is 13.6. The van der Waals surface area contributed by atoms with E-state index >= 15 is 0 Å². The van der Waals surface area contributed by atoms with Crippen LogP contribution < -0.4 is 0 Å². The van der Waals surface area contributed by atoms with Gasteiger partial charge in [-0.05, 0) is 48.9 Å². The molecule has 4 nitrogen and oxygen atoms in total. The van der Waals surface area contributed by atoms with E-state index in [1.807, 2.05) is 50.4 Å². The summed E-state index contributed by atoms with van der Waals surface area (Å²) < 4.78 is 2.09. The van der Waals surface area contributed by atoms with Gasteiger partial charge in [0.1, 0.15) is 0 Å². The van der Waals surface area contributed by atoms with Gasteiger partial charge < -0.3 is 4.57 Å². The average molecular weight is 390 g/mol. The number of thioether (sulfide) groups is 1. The first-order valence-corrected chi connectivity index (χ1v) is 10.4. The van der Waals surface area contributed by atoms with E-state index in [9.17, 15) is 4.79 Å². The first-order valence-electron chi connectivity index (χ1n) is 9.54. The van der Waals surface area contributed by atoms with Crippen LogP contribution in [0.4, 0.5) is 5.69 Å². The number of amides is 1. The van der Waals surface area contributed by atoms with Crippen molar-refractivity contribution in [2.24, 2.45) is 12.0 Å². The Hall–Kier alpha value is -2.79. The standard InChI is InChI=1S/C23H23N3OS/c1-4-16-10-6-8-12-19(16)24-23-26(5-2)22(27)21(28-23)14-17-15-25(3)20-13-9-7-11-18(17)20/h6-15H,4-5H2,1-3H3/b21-14+,24-23?. The van der Waals surface area contributed by atoms with Crippen LogP contribution in [0.3, 0.4) is 0 Å². The summed E-state index contributed by atoms with van der Waals surface area (Å²) >= 11 is 1.46. The largest absolute Gasteiger partial charge is 0.350 e. The van der Waals surface area contributed by atoms with E-state index in [2.05, 4.69) is 35.9 Å². The van der Waals surface area contributed by atoms with Crippen LogP contribution in [0.2, 0.25) is 0 Å². The lowest BCUT2D eigenvalue weighted by Gasteiger charge is -2.12. The molecule has 4 rings (SSSR count). The number of aliphatic imine (C=N–C) groups is 1. The molecule has 1 amide bonds. The Morgan fingerprint density at radius 3 is 2.61 bits per heavy atom. The van der Waals surface area contributed by atoms with Crippen LogP contribution in [0.1, 0.15) is 25.0 Å². The molecule has 0 spiro atoms. The lowest BCUT2D eigenvalue weighted by molar-refractivity contribution is -0.122. The lowest BCUT2D eigenvalue weighted by atomic mass is 10.1. The number of rotatable bonds is 4. The Morgan fingerprint density at radius 2 is 1.82 bits per heavy atom. The highest BCUT2D eigenvalue weighted by molar-refractivity contribution is 8.18. The van der Waals surface area contributed by atoms with Gasteiger partial charge in [-0.1, -0.05) is 43.3 Å². The summed E-state index contributed by atoms with van der Waals surface area (Å²) in [4.78, 5) is 20.3. The second kappa shape index (κ2) is 7.68. The Balaban J connectivity index is 1.75. The van der Waals surface area contributed by atoms with Crippen molar-refractivity contribution >= 4 is 45.5 Å². The molecule has 3 aromatic rings. The number of aromatic nitrogens is 1. The zero-order valence-electron chi connectivity index (χ0n) is 16.3. The molecule has 0 saturated carbocycles. The smallest absolute Gasteiger partial charge is 0.266 e. The number of aryl methyl sites for hydroxylation is 2. The van der Waals surface area contributed by atoms with Crippen molar-refractivity contribution in [3.63, 3.8) is 0 Å². The molecule has 28 heavy (non-hydrogen) atoms. The van der Waals surface area contributed by atoms with Crippen molar-refractivity contribution in [2.45, 2.75) is 20.3 Å². The molecule has 142 valence electrons. The second-order valence-corrected chi connectivity index (χ2v) is 7.76. The monoisotopic (exact) mass is 389 g/mol. The van der Waals surface area contributed by atoms with E-state index in [-0.39, 0.29) is 5.91 Å². The van der Waals surface area contributed by atoms with Gasteiger partial charge in [-0.2, -0.15) is 0 Å². The van der Waals surface area contributed by atoms with Crippen molar-refractivity contribution in [3.8, 4) is 0 Å². The van der Waals surface area contributed by atoms with Crippen molar-refractivity contribution in [1.29, 1.82) is 0 Å². The van der Waals surface area contributed by atoms with Crippen LogP contribution >= 0.6 is 11.8 Å². The van der Waals surface area contributed by atoms with Gasteiger partial charge in [0.2, 0.25) is 0 Å². The van der Waals surface area contributed by atoms with Gasteiger partial charge >= 0.3 is 0 Å². The summed E-state index contributed by atoms with van der Waals surface area (Å²) in [5.41, 5.74) is 4.33. The third-order valence-corrected chi connectivity index (χ3v) is 6.01. The number of carbonyl (C=O) groups is 1. The number of likely N-dealkylation sites (N-methyl/N-ethyl adjacent to an activating group) is 1. The second-order valence-electron chi connectivity index (χ2n) is 6.75. The predicted molar refractivity (Wildman–Crippen MR) is 119 cm³/mol. The molecule has 0 radical (unpaired) electrons. The van der Waals surface area contributed by atoms with E-state index in [1.54, 1.807) is 4.90 Å². The van der Waals surface area contributed by atoms with Crippen LogP contribution in [0.25, 0.3) is 17.0 Å². The molecule has 1 aliphatic rings. The zero-order chi connectivity index (χ0) is 19.7. The maximum atomic E-state index is 13.0. The van der Waals surface area contributed by atoms with E-state index in [0.29, 0.717) is 11.4 Å². The van der Waals surface area contributed by atoms with Crippen molar-refractivity contribution in [3.05, 3.63) is 70.8 Å². The molecule has 0 N–H and O–H groups in total. The van der Waals surface area contributed by atoms with Crippen LogP contribution in [-0.2, 0) is 18.3 Å². The molecule has 0 bridgehead atoms. The minimum atomic E-state index is 0.0214. The van der Waals surface area contributed by atoms with Gasteiger partial charge in [-0.15, -0.1) is 0 Å². The molecule has 1 aliphatic heterocycles. The summed E-state index contributed by atoms with van der Waals surface area (Å²) in [5.74, 6) is 0.0214. The van der Waals surface area contributed by atoms with Crippen molar-refractivity contribution in [2.75, 3.05) is 6.54 Å². The molecular formula is C23H23N3OS. The van der Waals surface area contributed by atoms with E-state index in [4.69, 9.17) is 4.99 Å². The third kappa shape index (κ3) is 3.27. The summed E-state index contributed by atoms with van der Waals surface area (Å²) in [5, 5.41) is 1.90. The number of fused-ring (bicyclic) bond motifs is 1. The van der Waals surface area contributed by atoms with Gasteiger partial charge in [-0.3, -0.25) is 9.69 Å². The maximum Gasteiger partial charge on any atom is 0.266 e. The molecule has 1 aromatic heterocycles. The summed E-state index contributed by atoms with van der Waals surface area (Å²) in [7, 11) is 2.03. The number of amidine groups is 1. The van der Waals surface area contributed by atoms with Gasteiger partial charge in [0, 0.05) is 36.3 Å². The Morgan fingerprint density at radius 1 is 1.07 bits per heavy atom. The normalized spacial score (nSPS) is 17.4. The van der Waals surface area contributed by atoms with Crippen LogP contribution in [0.15, 0.2) is 64.6 Å². The number of para-hydroxylation sites is 2. The summed E-state index contributed by atoms with van der Waals surface area (Å²) in [6, 6.07) is 16.4. The van der Waals surface area contributed by atoms with Crippen LogP contribution in [-0.4, -0.2) is 27.1 Å². The molecule has 0 unspecified atom stereocenters. The van der Waals surface area contributed by atoms with Crippen molar-refractivity contribution in [1.82, 2.24) is 9.47 Å². The lowest BCUT2D eigenvalue weighted by Crippen LogP contribution is -2.28. The molecule has 1 fully saturated rings. The molecular weight excluding hydrogens is 366 g/mol. The number of nitrogens with zero attached hydrogens (tertiary/aromatic N) is 3. The minimum absolute atomic E-state index is 0.0214. The number of hydrogen-bond acceptors (Lipinski definition) is 3. The highest BCUT2D eigenvalue weighted by Gasteiger charge is 2.32. The SMILES string of the molecule is CCc1ccccc1N=C1S/C(=C/c2cn(C)c3ccccc23)C(=O)N1CC. The third-order valence-electron chi connectivity index (χ3n) is 5.01. The Labute approximate surface area is 169 Å². The van der Waals surface area contributed by atoms with E-state index in [0.717, 1.165) is 33.7 Å².